The van der Waals surface area contributed by atoms with E-state index in [1.165, 1.54) is 46.1 Å². The Balaban J connectivity index is 2.12. The van der Waals surface area contributed by atoms with Crippen molar-refractivity contribution in [2.45, 2.75) is 27.7 Å². The molecule has 3 aromatic rings. The van der Waals surface area contributed by atoms with Gasteiger partial charge in [0.15, 0.2) is 0 Å². The van der Waals surface area contributed by atoms with E-state index in [0.717, 1.165) is 0 Å². The molecule has 47 heavy (non-hydrogen) atoms. The predicted molar refractivity (Wildman–Crippen MR) is 176 cm³/mol. The molecule has 0 saturated heterocycles. The van der Waals surface area contributed by atoms with Crippen molar-refractivity contribution < 1.29 is 47.6 Å². The van der Waals surface area contributed by atoms with E-state index in [4.69, 9.17) is 28.4 Å². The quantitative estimate of drug-likeness (QED) is 0.0790. The van der Waals surface area contributed by atoms with E-state index in [-0.39, 0.29) is 58.5 Å². The van der Waals surface area contributed by atoms with Gasteiger partial charge in [-0.15, -0.1) is 0 Å². The number of hydrogen-bond acceptors (Lipinski definition) is 10. The third kappa shape index (κ3) is 9.54. The van der Waals surface area contributed by atoms with Crippen LogP contribution in [0.1, 0.15) is 27.7 Å². The summed E-state index contributed by atoms with van der Waals surface area (Å²) in [6.45, 7) is 20.7. The zero-order chi connectivity index (χ0) is 34.8. The molecule has 0 atom stereocenters. The second-order valence-electron chi connectivity index (χ2n) is 10.5. The zero-order valence-corrected chi connectivity index (χ0v) is 27.0. The van der Waals surface area contributed by atoms with Gasteiger partial charge in [-0.05, 0) is 69.7 Å². The van der Waals surface area contributed by atoms with Crippen LogP contribution >= 0.6 is 0 Å². The van der Waals surface area contributed by atoms with E-state index < -0.39 is 23.9 Å². The first-order valence-electron chi connectivity index (χ1n) is 14.3. The number of rotatable bonds is 14. The molecule has 0 spiro atoms. The summed E-state index contributed by atoms with van der Waals surface area (Å²) in [6, 6.07) is 14.5. The molecule has 0 radical (unpaired) electrons. The van der Waals surface area contributed by atoms with Crippen molar-refractivity contribution in [2.24, 2.45) is 0 Å². The molecule has 0 aromatic heterocycles. The minimum absolute atomic E-state index is 0.0358. The molecule has 0 unspecified atom stereocenters. The van der Waals surface area contributed by atoms with E-state index >= 15 is 0 Å². The standard InChI is InChI=1S/C37H36O10/c1-21(2)34(38)44-17-16-43-26-12-10-25(11-13-26)29-19-33(47-37(41)24(7)8)30(20-32(29)46-36(40)23(5)6)28-15-14-27(18-31(28)42-9)45-35(39)22(3)4/h10-15,18-20H,1,3,5,7,16-17H2,2,4,6,8-9H3. The maximum atomic E-state index is 12.8. The van der Waals surface area contributed by atoms with Crippen LogP contribution in [0.5, 0.6) is 28.7 Å². The molecule has 3 rings (SSSR count). The Hall–Kier alpha value is -5.90. The molecular weight excluding hydrogens is 604 g/mol. The monoisotopic (exact) mass is 640 g/mol. The van der Waals surface area contributed by atoms with Gasteiger partial charge < -0.3 is 28.4 Å². The summed E-state index contributed by atoms with van der Waals surface area (Å²) in [7, 11) is 1.42. The average molecular weight is 641 g/mol. The van der Waals surface area contributed by atoms with Crippen LogP contribution in [0.25, 0.3) is 22.3 Å². The Morgan fingerprint density at radius 3 is 1.55 bits per heavy atom. The Morgan fingerprint density at radius 1 is 0.532 bits per heavy atom. The lowest BCUT2D eigenvalue weighted by atomic mass is 9.97. The first-order valence-corrected chi connectivity index (χ1v) is 14.3. The van der Waals surface area contributed by atoms with Crippen molar-refractivity contribution in [2.75, 3.05) is 20.3 Å². The summed E-state index contributed by atoms with van der Waals surface area (Å²) in [5.41, 5.74) is 2.56. The van der Waals surface area contributed by atoms with Gasteiger partial charge >= 0.3 is 23.9 Å². The van der Waals surface area contributed by atoms with Crippen molar-refractivity contribution >= 4 is 23.9 Å². The fourth-order valence-corrected chi connectivity index (χ4v) is 3.84. The minimum Gasteiger partial charge on any atom is -0.496 e. The molecule has 0 aliphatic rings. The largest absolute Gasteiger partial charge is 0.496 e. The fourth-order valence-electron chi connectivity index (χ4n) is 3.84. The summed E-state index contributed by atoms with van der Waals surface area (Å²) < 4.78 is 33.2. The number of esters is 4. The smallest absolute Gasteiger partial charge is 0.338 e. The van der Waals surface area contributed by atoms with E-state index in [9.17, 15) is 19.2 Å². The second-order valence-corrected chi connectivity index (χ2v) is 10.5. The van der Waals surface area contributed by atoms with E-state index in [1.54, 1.807) is 43.3 Å². The predicted octanol–water partition coefficient (Wildman–Crippen LogP) is 6.97. The van der Waals surface area contributed by atoms with E-state index in [0.29, 0.717) is 28.0 Å². The Morgan fingerprint density at radius 2 is 1.02 bits per heavy atom. The summed E-state index contributed by atoms with van der Waals surface area (Å²) in [5, 5.41) is 0. The zero-order valence-electron chi connectivity index (χ0n) is 27.0. The minimum atomic E-state index is -0.689. The number of hydrogen-bond donors (Lipinski definition) is 0. The van der Waals surface area contributed by atoms with Gasteiger partial charge in [-0.2, -0.15) is 0 Å². The molecule has 0 heterocycles. The first kappa shape index (κ1) is 35.6. The number of methoxy groups -OCH3 is 1. The highest BCUT2D eigenvalue weighted by Gasteiger charge is 2.23. The lowest BCUT2D eigenvalue weighted by Crippen LogP contribution is -2.12. The van der Waals surface area contributed by atoms with E-state index in [2.05, 4.69) is 26.3 Å². The summed E-state index contributed by atoms with van der Waals surface area (Å²) in [5.74, 6) is -1.30. The number of ether oxygens (including phenoxy) is 6. The van der Waals surface area contributed by atoms with Crippen molar-refractivity contribution in [3.63, 3.8) is 0 Å². The summed E-state index contributed by atoms with van der Waals surface area (Å²) >= 11 is 0. The SMILES string of the molecule is C=C(C)C(=O)OCCOc1ccc(-c2cc(OC(=O)C(=C)C)c(-c3ccc(OC(=O)C(=C)C)cc3OC)cc2OC(=O)C(=C)C)cc1. The van der Waals surface area contributed by atoms with Crippen LogP contribution in [-0.2, 0) is 23.9 Å². The maximum absolute atomic E-state index is 12.8. The van der Waals surface area contributed by atoms with Crippen LogP contribution in [0.15, 0.2) is 103 Å². The van der Waals surface area contributed by atoms with Gasteiger partial charge in [0.05, 0.1) is 7.11 Å². The molecule has 244 valence electrons. The summed E-state index contributed by atoms with van der Waals surface area (Å²) in [4.78, 5) is 49.2. The molecule has 0 bridgehead atoms. The molecule has 3 aromatic carbocycles. The van der Waals surface area contributed by atoms with Crippen LogP contribution in [0.3, 0.4) is 0 Å². The lowest BCUT2D eigenvalue weighted by Gasteiger charge is -2.19. The van der Waals surface area contributed by atoms with Crippen molar-refractivity contribution in [3.05, 3.63) is 103 Å². The van der Waals surface area contributed by atoms with E-state index in [1.807, 2.05) is 0 Å². The lowest BCUT2D eigenvalue weighted by molar-refractivity contribution is -0.139. The molecule has 10 heteroatoms. The third-order valence-electron chi connectivity index (χ3n) is 6.31. The van der Waals surface area contributed by atoms with Crippen LogP contribution < -0.4 is 23.7 Å². The normalized spacial score (nSPS) is 10.2. The molecule has 10 nitrogen and oxygen atoms in total. The van der Waals surface area contributed by atoms with Gasteiger partial charge in [0, 0.05) is 45.0 Å². The van der Waals surface area contributed by atoms with Crippen LogP contribution in [0.4, 0.5) is 0 Å². The summed E-state index contributed by atoms with van der Waals surface area (Å²) in [6.07, 6.45) is 0. The third-order valence-corrected chi connectivity index (χ3v) is 6.31. The van der Waals surface area contributed by atoms with Crippen molar-refractivity contribution in [3.8, 4) is 51.0 Å². The Kier molecular flexibility index (Phi) is 12.0. The molecular formula is C37H36O10. The van der Waals surface area contributed by atoms with Gasteiger partial charge in [0.2, 0.25) is 0 Å². The van der Waals surface area contributed by atoms with Crippen molar-refractivity contribution in [1.29, 1.82) is 0 Å². The highest BCUT2D eigenvalue weighted by Crippen LogP contribution is 2.45. The average Bonchev–Trinajstić information content (AvgIpc) is 3.03. The van der Waals surface area contributed by atoms with Gasteiger partial charge in [-0.1, -0.05) is 38.4 Å². The second kappa shape index (κ2) is 15.9. The Labute approximate surface area is 273 Å². The van der Waals surface area contributed by atoms with Gasteiger partial charge in [0.1, 0.15) is 42.0 Å². The molecule has 0 amide bonds. The molecule has 0 N–H and O–H groups in total. The van der Waals surface area contributed by atoms with Crippen LogP contribution in [0, 0.1) is 0 Å². The molecule has 0 aliphatic carbocycles. The van der Waals surface area contributed by atoms with Gasteiger partial charge in [-0.25, -0.2) is 19.2 Å². The number of carbonyl (C=O) groups is 4. The van der Waals surface area contributed by atoms with Crippen LogP contribution in [0.2, 0.25) is 0 Å². The number of benzene rings is 3. The highest BCUT2D eigenvalue weighted by molar-refractivity contribution is 5.94. The fraction of sp³-hybridized carbons (Fsp3) is 0.189. The topological polar surface area (TPSA) is 124 Å². The maximum Gasteiger partial charge on any atom is 0.338 e. The molecule has 0 aliphatic heterocycles. The molecule has 0 fully saturated rings. The number of carbonyl (C=O) groups excluding carboxylic acids is 4. The van der Waals surface area contributed by atoms with Gasteiger partial charge in [-0.3, -0.25) is 0 Å². The molecule has 0 saturated carbocycles. The van der Waals surface area contributed by atoms with Gasteiger partial charge in [0.25, 0.3) is 0 Å². The van der Waals surface area contributed by atoms with Crippen molar-refractivity contribution in [1.82, 2.24) is 0 Å². The van der Waals surface area contributed by atoms with Crippen LogP contribution in [-0.4, -0.2) is 44.2 Å². The first-order chi connectivity index (χ1) is 22.2. The Bertz CT molecular complexity index is 1760. The highest BCUT2D eigenvalue weighted by atomic mass is 16.6.